The topological polar surface area (TPSA) is 14.1 Å². The van der Waals surface area contributed by atoms with Crippen molar-refractivity contribution in [3.8, 4) is 0 Å². The van der Waals surface area contributed by atoms with Gasteiger partial charge in [0.05, 0.1) is 0 Å². The lowest BCUT2D eigenvalue weighted by Crippen LogP contribution is -2.01. The fraction of sp³-hybridized carbons (Fsp3) is 0.222. The Morgan fingerprint density at radius 2 is 1.90 bits per heavy atom. The Kier molecular flexibility index (Phi) is 2.46. The molecule has 53 valence electrons. The molecule has 1 heteroatoms. The van der Waals surface area contributed by atoms with Crippen LogP contribution in [-0.4, -0.2) is 0 Å². The smallest absolute Gasteiger partial charge is 0.0144 e. The molecule has 1 aromatic rings. The summed E-state index contributed by atoms with van der Waals surface area (Å²) in [5, 5.41) is 3.91. The van der Waals surface area contributed by atoms with Gasteiger partial charge in [0.15, 0.2) is 0 Å². The van der Waals surface area contributed by atoms with E-state index in [0.29, 0.717) is 0 Å². The summed E-state index contributed by atoms with van der Waals surface area (Å²) in [5.74, 6) is 0. The van der Waals surface area contributed by atoms with Gasteiger partial charge in [0, 0.05) is 6.04 Å². The monoisotopic (exact) mass is 133 g/mol. The van der Waals surface area contributed by atoms with Gasteiger partial charge in [-0.15, -0.1) is 0 Å². The summed E-state index contributed by atoms with van der Waals surface area (Å²) in [6.07, 6.45) is 0. The van der Waals surface area contributed by atoms with E-state index < -0.39 is 0 Å². The van der Waals surface area contributed by atoms with Crippen LogP contribution in [0.3, 0.4) is 0 Å². The Bertz CT molecular complexity index is 181. The molecule has 0 fully saturated rings. The van der Waals surface area contributed by atoms with Crippen LogP contribution in [0.1, 0.15) is 18.5 Å². The van der Waals surface area contributed by atoms with E-state index in [9.17, 15) is 0 Å². The lowest BCUT2D eigenvalue weighted by atomic mass is 10.1. The molecule has 1 nitrogen and oxygen atoms in total. The molecule has 0 N–H and O–H groups in total. The zero-order valence-electron chi connectivity index (χ0n) is 6.12. The summed E-state index contributed by atoms with van der Waals surface area (Å²) >= 11 is 0. The van der Waals surface area contributed by atoms with Gasteiger partial charge in [-0.3, -0.25) is 7.05 Å². The summed E-state index contributed by atoms with van der Waals surface area (Å²) in [6, 6.07) is 10.4. The fourth-order valence-electron chi connectivity index (χ4n) is 0.837. The first kappa shape index (κ1) is 7.29. The molecule has 1 rings (SSSR count). The minimum Gasteiger partial charge on any atom is -0.418 e. The van der Waals surface area contributed by atoms with Crippen molar-refractivity contribution in [2.45, 2.75) is 13.0 Å². The van der Waals surface area contributed by atoms with Crippen LogP contribution in [0.2, 0.25) is 0 Å². The zero-order valence-corrected chi connectivity index (χ0v) is 6.12. The normalized spacial score (nSPS) is 13.0. The van der Waals surface area contributed by atoms with Gasteiger partial charge in [0.25, 0.3) is 0 Å². The molecular weight excluding hydrogens is 122 g/mol. The molecule has 0 unspecified atom stereocenters. The van der Waals surface area contributed by atoms with Crippen LogP contribution in [0.5, 0.6) is 0 Å². The van der Waals surface area contributed by atoms with Gasteiger partial charge >= 0.3 is 0 Å². The molecule has 0 amide bonds. The van der Waals surface area contributed by atoms with Gasteiger partial charge in [0.2, 0.25) is 0 Å². The fourth-order valence-corrected chi connectivity index (χ4v) is 0.837. The van der Waals surface area contributed by atoms with Gasteiger partial charge in [-0.1, -0.05) is 30.3 Å². The van der Waals surface area contributed by atoms with E-state index in [1.165, 1.54) is 5.56 Å². The number of hydrogen-bond donors (Lipinski definition) is 0. The van der Waals surface area contributed by atoms with Crippen molar-refractivity contribution in [1.29, 1.82) is 0 Å². The minimum absolute atomic E-state index is 0.223. The summed E-state index contributed by atoms with van der Waals surface area (Å²) in [6.45, 7) is 2.03. The van der Waals surface area contributed by atoms with Gasteiger partial charge in [0.1, 0.15) is 0 Å². The third-order valence-corrected chi connectivity index (χ3v) is 1.56. The van der Waals surface area contributed by atoms with E-state index in [-0.39, 0.29) is 6.04 Å². The predicted octanol–water partition coefficient (Wildman–Crippen LogP) is 2.14. The van der Waals surface area contributed by atoms with Gasteiger partial charge < -0.3 is 5.32 Å². The molecule has 0 aliphatic heterocycles. The van der Waals surface area contributed by atoms with Gasteiger partial charge in [-0.2, -0.15) is 0 Å². The van der Waals surface area contributed by atoms with Crippen molar-refractivity contribution in [3.63, 3.8) is 0 Å². The van der Waals surface area contributed by atoms with E-state index in [4.69, 9.17) is 0 Å². The van der Waals surface area contributed by atoms with Crippen molar-refractivity contribution in [1.82, 2.24) is 5.32 Å². The maximum absolute atomic E-state index is 3.91. The van der Waals surface area contributed by atoms with Crippen molar-refractivity contribution < 1.29 is 0 Å². The second kappa shape index (κ2) is 3.37. The standard InChI is InChI=1S/C9H11N/c1-8(10-2)9-6-4-3-5-7-9/h3-8H,2H2,1H3/q-1/t8-/m0/s1. The third-order valence-electron chi connectivity index (χ3n) is 1.56. The second-order valence-electron chi connectivity index (χ2n) is 2.27. The van der Waals surface area contributed by atoms with Crippen molar-refractivity contribution in [2.75, 3.05) is 0 Å². The Labute approximate surface area is 62.1 Å². The summed E-state index contributed by atoms with van der Waals surface area (Å²) in [5.41, 5.74) is 1.22. The molecule has 0 aliphatic carbocycles. The van der Waals surface area contributed by atoms with Crippen molar-refractivity contribution >= 4 is 0 Å². The molecule has 10 heavy (non-hydrogen) atoms. The Morgan fingerprint density at radius 3 is 2.40 bits per heavy atom. The quantitative estimate of drug-likeness (QED) is 0.549. The highest BCUT2D eigenvalue weighted by atomic mass is 14.8. The molecule has 0 aromatic heterocycles. The van der Waals surface area contributed by atoms with E-state index in [2.05, 4.69) is 24.5 Å². The maximum Gasteiger partial charge on any atom is 0.0144 e. The van der Waals surface area contributed by atoms with E-state index >= 15 is 0 Å². The average molecular weight is 133 g/mol. The predicted molar refractivity (Wildman–Crippen MR) is 42.3 cm³/mol. The lowest BCUT2D eigenvalue weighted by Gasteiger charge is -2.12. The number of rotatable bonds is 2. The summed E-state index contributed by atoms with van der Waals surface area (Å²) in [7, 11) is 3.49. The SMILES string of the molecule is [CH2-][N][C@@H](C)c1ccccc1. The highest BCUT2D eigenvalue weighted by Gasteiger charge is 1.95. The maximum atomic E-state index is 3.91. The first-order chi connectivity index (χ1) is 4.84. The largest absolute Gasteiger partial charge is 0.418 e. The highest BCUT2D eigenvalue weighted by molar-refractivity contribution is 5.17. The molecule has 1 aromatic carbocycles. The molecule has 1 atom stereocenters. The molecule has 0 spiro atoms. The minimum atomic E-state index is 0.223. The lowest BCUT2D eigenvalue weighted by molar-refractivity contribution is 0.670. The van der Waals surface area contributed by atoms with E-state index in [1.807, 2.05) is 25.1 Å². The summed E-state index contributed by atoms with van der Waals surface area (Å²) in [4.78, 5) is 0. The number of nitrogens with zero attached hydrogens (tertiary/aromatic N) is 1. The van der Waals surface area contributed by atoms with Crippen LogP contribution in [0.15, 0.2) is 30.3 Å². The van der Waals surface area contributed by atoms with Crippen molar-refractivity contribution in [2.24, 2.45) is 0 Å². The molecular formula is C9H11N-. The third kappa shape index (κ3) is 1.58. The Balaban J connectivity index is 2.75. The van der Waals surface area contributed by atoms with Crippen LogP contribution in [0.25, 0.3) is 0 Å². The molecule has 1 radical (unpaired) electrons. The van der Waals surface area contributed by atoms with E-state index in [0.717, 1.165) is 0 Å². The van der Waals surface area contributed by atoms with Gasteiger partial charge in [-0.05, 0) is 12.5 Å². The molecule has 0 aliphatic rings. The highest BCUT2D eigenvalue weighted by Crippen LogP contribution is 2.10. The Morgan fingerprint density at radius 1 is 1.30 bits per heavy atom. The summed E-state index contributed by atoms with van der Waals surface area (Å²) < 4.78 is 0. The second-order valence-corrected chi connectivity index (χ2v) is 2.27. The van der Waals surface area contributed by atoms with Crippen LogP contribution in [0.4, 0.5) is 0 Å². The number of benzene rings is 1. The molecule has 0 saturated heterocycles. The zero-order chi connectivity index (χ0) is 7.40. The first-order valence-electron chi connectivity index (χ1n) is 3.35. The van der Waals surface area contributed by atoms with Crippen LogP contribution < -0.4 is 5.32 Å². The Hall–Kier alpha value is -0.820. The average Bonchev–Trinajstić information content (AvgIpc) is 2.05. The molecule has 0 bridgehead atoms. The van der Waals surface area contributed by atoms with Crippen LogP contribution >= 0.6 is 0 Å². The van der Waals surface area contributed by atoms with Crippen LogP contribution in [-0.2, 0) is 0 Å². The first-order valence-corrected chi connectivity index (χ1v) is 3.35. The van der Waals surface area contributed by atoms with Crippen LogP contribution in [0, 0.1) is 7.05 Å². The number of hydrogen-bond acceptors (Lipinski definition) is 0. The molecule has 0 saturated carbocycles. The van der Waals surface area contributed by atoms with E-state index in [1.54, 1.807) is 0 Å². The van der Waals surface area contributed by atoms with Crippen molar-refractivity contribution in [3.05, 3.63) is 42.9 Å². The van der Waals surface area contributed by atoms with Gasteiger partial charge in [-0.25, -0.2) is 0 Å². The molecule has 0 heterocycles.